The zero-order valence-electron chi connectivity index (χ0n) is 8.27. The van der Waals surface area contributed by atoms with Gasteiger partial charge in [-0.05, 0) is 20.8 Å². The minimum atomic E-state index is -2.62. The van der Waals surface area contributed by atoms with E-state index in [1.807, 2.05) is 20.8 Å². The van der Waals surface area contributed by atoms with Crippen molar-refractivity contribution in [1.82, 2.24) is 4.90 Å². The lowest BCUT2D eigenvalue weighted by Crippen LogP contribution is -2.44. The van der Waals surface area contributed by atoms with E-state index in [0.29, 0.717) is 0 Å². The van der Waals surface area contributed by atoms with E-state index in [2.05, 4.69) is 5.92 Å². The lowest BCUT2D eigenvalue weighted by molar-refractivity contribution is 0.00156. The van der Waals surface area contributed by atoms with Gasteiger partial charge in [0, 0.05) is 12.0 Å². The van der Waals surface area contributed by atoms with Gasteiger partial charge in [0.15, 0.2) is 0 Å². The van der Waals surface area contributed by atoms with E-state index in [-0.39, 0.29) is 18.5 Å². The molecule has 3 heteroatoms. The molecular formula is C10H15F2N. The molecule has 13 heavy (non-hydrogen) atoms. The predicted molar refractivity (Wildman–Crippen MR) is 48.6 cm³/mol. The second kappa shape index (κ2) is 2.95. The molecular weight excluding hydrogens is 172 g/mol. The summed E-state index contributed by atoms with van der Waals surface area (Å²) in [6, 6.07) is -0.421. The average molecular weight is 187 g/mol. The Kier molecular flexibility index (Phi) is 2.38. The Morgan fingerprint density at radius 1 is 1.46 bits per heavy atom. The van der Waals surface area contributed by atoms with Crippen LogP contribution < -0.4 is 0 Å². The van der Waals surface area contributed by atoms with Crippen LogP contribution in [0.2, 0.25) is 0 Å². The van der Waals surface area contributed by atoms with Crippen molar-refractivity contribution in [2.45, 2.75) is 44.7 Å². The number of alkyl halides is 2. The zero-order valence-corrected chi connectivity index (χ0v) is 8.27. The van der Waals surface area contributed by atoms with Crippen LogP contribution in [0.3, 0.4) is 0 Å². The molecule has 0 amide bonds. The van der Waals surface area contributed by atoms with E-state index in [1.165, 1.54) is 0 Å². The summed E-state index contributed by atoms with van der Waals surface area (Å²) in [5.74, 6) is -0.199. The minimum absolute atomic E-state index is 0.208. The van der Waals surface area contributed by atoms with Crippen molar-refractivity contribution in [3.8, 4) is 12.3 Å². The van der Waals surface area contributed by atoms with Gasteiger partial charge in [0.2, 0.25) is 0 Å². The fourth-order valence-electron chi connectivity index (χ4n) is 1.67. The molecule has 0 aromatic carbocycles. The van der Waals surface area contributed by atoms with Crippen molar-refractivity contribution in [3.05, 3.63) is 0 Å². The van der Waals surface area contributed by atoms with E-state index < -0.39 is 12.0 Å². The topological polar surface area (TPSA) is 3.24 Å². The fourth-order valence-corrected chi connectivity index (χ4v) is 1.67. The van der Waals surface area contributed by atoms with Crippen LogP contribution in [0.1, 0.15) is 27.2 Å². The van der Waals surface area contributed by atoms with Crippen LogP contribution >= 0.6 is 0 Å². The average Bonchev–Trinajstić information content (AvgIpc) is 2.24. The van der Waals surface area contributed by atoms with E-state index in [9.17, 15) is 8.78 Å². The number of hydrogen-bond donors (Lipinski definition) is 0. The maximum Gasteiger partial charge on any atom is 0.263 e. The number of halogens is 2. The molecule has 74 valence electrons. The van der Waals surface area contributed by atoms with Gasteiger partial charge in [-0.15, -0.1) is 6.42 Å². The largest absolute Gasteiger partial charge is 0.279 e. The van der Waals surface area contributed by atoms with Crippen molar-refractivity contribution in [1.29, 1.82) is 0 Å². The Labute approximate surface area is 78.1 Å². The predicted octanol–water partition coefficient (Wildman–Crippen LogP) is 2.13. The fraction of sp³-hybridized carbons (Fsp3) is 0.800. The van der Waals surface area contributed by atoms with Gasteiger partial charge in [-0.3, -0.25) is 4.90 Å². The summed E-state index contributed by atoms with van der Waals surface area (Å²) in [6.07, 6.45) is 5.01. The number of nitrogens with zero attached hydrogens (tertiary/aromatic N) is 1. The van der Waals surface area contributed by atoms with Gasteiger partial charge in [-0.1, -0.05) is 5.92 Å². The standard InChI is InChI=1S/C10H15F2N/c1-5-8-6-10(11,12)7-13(8)9(2,3)4/h1,8H,6-7H2,2-4H3/t8-/m1/s1. The summed E-state index contributed by atoms with van der Waals surface area (Å²) in [5.41, 5.74) is -0.281. The molecule has 1 aliphatic rings. The van der Waals surface area contributed by atoms with Crippen LogP contribution in [-0.4, -0.2) is 28.9 Å². The van der Waals surface area contributed by atoms with Crippen LogP contribution in [0.5, 0.6) is 0 Å². The Balaban J connectivity index is 2.83. The normalized spacial score (nSPS) is 28.8. The summed E-state index contributed by atoms with van der Waals surface area (Å²) in [4.78, 5) is 1.69. The molecule has 1 atom stereocenters. The van der Waals surface area contributed by atoms with Crippen LogP contribution in [0.4, 0.5) is 8.78 Å². The molecule has 0 unspecified atom stereocenters. The highest BCUT2D eigenvalue weighted by Crippen LogP contribution is 2.35. The Bertz CT molecular complexity index is 234. The molecule has 0 aromatic heterocycles. The first kappa shape index (κ1) is 10.5. The molecule has 0 bridgehead atoms. The van der Waals surface area contributed by atoms with Gasteiger partial charge in [0.05, 0.1) is 12.6 Å². The molecule has 1 heterocycles. The van der Waals surface area contributed by atoms with Gasteiger partial charge >= 0.3 is 0 Å². The molecule has 1 fully saturated rings. The first-order valence-electron chi connectivity index (χ1n) is 4.37. The Morgan fingerprint density at radius 3 is 2.31 bits per heavy atom. The minimum Gasteiger partial charge on any atom is -0.279 e. The van der Waals surface area contributed by atoms with Gasteiger partial charge < -0.3 is 0 Å². The van der Waals surface area contributed by atoms with Gasteiger partial charge in [0.25, 0.3) is 5.92 Å². The molecule has 0 N–H and O–H groups in total. The van der Waals surface area contributed by atoms with Crippen molar-refractivity contribution < 1.29 is 8.78 Å². The Hall–Kier alpha value is -0.620. The van der Waals surface area contributed by atoms with E-state index >= 15 is 0 Å². The molecule has 0 saturated carbocycles. The highest BCUT2D eigenvalue weighted by Gasteiger charge is 2.47. The molecule has 0 radical (unpaired) electrons. The maximum atomic E-state index is 13.0. The molecule has 0 aliphatic carbocycles. The molecule has 1 aliphatic heterocycles. The van der Waals surface area contributed by atoms with Gasteiger partial charge in [-0.2, -0.15) is 0 Å². The van der Waals surface area contributed by atoms with E-state index in [4.69, 9.17) is 6.42 Å². The van der Waals surface area contributed by atoms with Crippen molar-refractivity contribution in [2.24, 2.45) is 0 Å². The highest BCUT2D eigenvalue weighted by molar-refractivity contribution is 5.09. The van der Waals surface area contributed by atoms with Crippen molar-refractivity contribution >= 4 is 0 Å². The lowest BCUT2D eigenvalue weighted by atomic mass is 10.1. The van der Waals surface area contributed by atoms with E-state index in [0.717, 1.165) is 0 Å². The van der Waals surface area contributed by atoms with Crippen LogP contribution in [-0.2, 0) is 0 Å². The Morgan fingerprint density at radius 2 is 2.00 bits per heavy atom. The van der Waals surface area contributed by atoms with Gasteiger partial charge in [-0.25, -0.2) is 8.78 Å². The molecule has 0 spiro atoms. The first-order valence-corrected chi connectivity index (χ1v) is 4.37. The lowest BCUT2D eigenvalue weighted by Gasteiger charge is -2.34. The number of rotatable bonds is 0. The zero-order chi connectivity index (χ0) is 10.3. The third-order valence-corrected chi connectivity index (χ3v) is 2.32. The van der Waals surface area contributed by atoms with E-state index in [1.54, 1.807) is 4.90 Å². The van der Waals surface area contributed by atoms with Crippen molar-refractivity contribution in [2.75, 3.05) is 6.54 Å². The summed E-state index contributed by atoms with van der Waals surface area (Å²) >= 11 is 0. The van der Waals surface area contributed by atoms with Crippen LogP contribution in [0, 0.1) is 12.3 Å². The highest BCUT2D eigenvalue weighted by atomic mass is 19.3. The van der Waals surface area contributed by atoms with Crippen LogP contribution in [0.25, 0.3) is 0 Å². The SMILES string of the molecule is C#C[C@@H]1CC(F)(F)CN1C(C)(C)C. The molecule has 1 saturated heterocycles. The number of hydrogen-bond acceptors (Lipinski definition) is 1. The quantitative estimate of drug-likeness (QED) is 0.525. The first-order chi connectivity index (χ1) is 5.76. The summed E-state index contributed by atoms with van der Waals surface area (Å²) in [7, 11) is 0. The molecule has 1 nitrogen and oxygen atoms in total. The van der Waals surface area contributed by atoms with Crippen LogP contribution in [0.15, 0.2) is 0 Å². The van der Waals surface area contributed by atoms with Crippen molar-refractivity contribution in [3.63, 3.8) is 0 Å². The monoisotopic (exact) mass is 187 g/mol. The summed E-state index contributed by atoms with van der Waals surface area (Å²) in [5, 5.41) is 0. The third kappa shape index (κ3) is 2.19. The van der Waals surface area contributed by atoms with Gasteiger partial charge in [0.1, 0.15) is 0 Å². The second-order valence-electron chi connectivity index (χ2n) is 4.54. The number of terminal acetylenes is 1. The third-order valence-electron chi connectivity index (χ3n) is 2.32. The smallest absolute Gasteiger partial charge is 0.263 e. The summed E-state index contributed by atoms with van der Waals surface area (Å²) < 4.78 is 26.0. The number of likely N-dealkylation sites (tertiary alicyclic amines) is 1. The maximum absolute atomic E-state index is 13.0. The molecule has 1 rings (SSSR count). The summed E-state index contributed by atoms with van der Waals surface area (Å²) in [6.45, 7) is 5.49. The molecule has 0 aromatic rings. The second-order valence-corrected chi connectivity index (χ2v) is 4.54.